The molecule has 1 aliphatic heterocycles. The molecule has 0 aliphatic carbocycles. The van der Waals surface area contributed by atoms with E-state index >= 15 is 0 Å². The van der Waals surface area contributed by atoms with Crippen molar-refractivity contribution in [2.75, 3.05) is 78.7 Å². The van der Waals surface area contributed by atoms with Gasteiger partial charge in [-0.2, -0.15) is 0 Å². The molecule has 4 aromatic carbocycles. The van der Waals surface area contributed by atoms with E-state index in [2.05, 4.69) is 0 Å². The maximum Gasteiger partial charge on any atom is 0.320 e. The fraction of sp³-hybridized carbons (Fsp3) is 0.400. The number of benzene rings is 4. The number of phenolic OH excluding ortho intramolecular Hbond substituents is 1. The number of carbonyl (C=O) groups is 3. The molecule has 16 nitrogen and oxygen atoms in total. The van der Waals surface area contributed by atoms with Gasteiger partial charge in [0.1, 0.15) is 35.0 Å². The molecular formula is C45H55N3O13. The first-order valence-electron chi connectivity index (χ1n) is 20.2. The Morgan fingerprint density at radius 3 is 1.85 bits per heavy atom. The zero-order valence-corrected chi connectivity index (χ0v) is 35.3. The quantitative estimate of drug-likeness (QED) is 0.0189. The SMILES string of the molecule is CCOOCCN(CCOOCC)Cc1c(O)ccc2c1Oc1c(ccc(Oc3ccc(N)cc3)c1CN(CC(=O)OCC)CC(=O)OCC)C2(OC)c1ccccc1C=O. The second-order valence-electron chi connectivity index (χ2n) is 13.7. The van der Waals surface area contributed by atoms with Gasteiger partial charge in [0.25, 0.3) is 0 Å². The van der Waals surface area contributed by atoms with Crippen LogP contribution in [0.2, 0.25) is 0 Å². The highest BCUT2D eigenvalue weighted by Crippen LogP contribution is 2.57. The summed E-state index contributed by atoms with van der Waals surface area (Å²) in [4.78, 5) is 63.4. The molecule has 0 saturated heterocycles. The van der Waals surface area contributed by atoms with Gasteiger partial charge in [0, 0.05) is 61.2 Å². The third kappa shape index (κ3) is 11.4. The standard InChI is InChI=1S/C45H55N3O13/c1-6-54-41(51)28-48(29-42(52)55-7-2)27-35-40(60-33-16-14-32(46)15-17-33)21-19-38-44(35)61-43-34(26-47(22-24-58-56-8-3)23-25-59-57-9-4)39(50)20-18-37(43)45(38,53-5)36-13-11-10-12-31(36)30-49/h10-21,30,50H,6-9,22-29,46H2,1-5H3. The van der Waals surface area contributed by atoms with Crippen LogP contribution in [-0.4, -0.2) is 106 Å². The number of aldehydes is 1. The number of ether oxygens (including phenoxy) is 5. The molecule has 328 valence electrons. The zero-order valence-electron chi connectivity index (χ0n) is 35.3. The topological polar surface area (TPSA) is 187 Å². The van der Waals surface area contributed by atoms with Gasteiger partial charge in [0.05, 0.1) is 63.9 Å². The summed E-state index contributed by atoms with van der Waals surface area (Å²) in [5.41, 5.74) is 7.60. The molecule has 0 aromatic heterocycles. The number of nitrogens with two attached hydrogens (primary N) is 1. The summed E-state index contributed by atoms with van der Waals surface area (Å²) in [6, 6.07) is 20.6. The van der Waals surface area contributed by atoms with Crippen molar-refractivity contribution in [2.24, 2.45) is 0 Å². The van der Waals surface area contributed by atoms with Crippen LogP contribution in [0.15, 0.2) is 72.8 Å². The number of esters is 2. The van der Waals surface area contributed by atoms with Crippen molar-refractivity contribution in [1.82, 2.24) is 9.80 Å². The Morgan fingerprint density at radius 2 is 1.28 bits per heavy atom. The van der Waals surface area contributed by atoms with Crippen LogP contribution >= 0.6 is 0 Å². The third-order valence-electron chi connectivity index (χ3n) is 9.76. The van der Waals surface area contributed by atoms with Gasteiger partial charge in [-0.05, 0) is 76.2 Å². The Hall–Kier alpha value is -5.59. The van der Waals surface area contributed by atoms with E-state index in [9.17, 15) is 19.5 Å². The Bertz CT molecular complexity index is 2050. The summed E-state index contributed by atoms with van der Waals surface area (Å²) in [6.45, 7) is 8.57. The molecule has 1 atom stereocenters. The lowest BCUT2D eigenvalue weighted by Crippen LogP contribution is -2.38. The Labute approximate surface area is 355 Å². The number of rotatable bonds is 25. The fourth-order valence-electron chi connectivity index (χ4n) is 7.14. The average molecular weight is 846 g/mol. The molecule has 5 rings (SSSR count). The maximum absolute atomic E-state index is 13.0. The van der Waals surface area contributed by atoms with Crippen LogP contribution in [-0.2, 0) is 62.0 Å². The van der Waals surface area contributed by atoms with Crippen LogP contribution in [0.4, 0.5) is 5.69 Å². The minimum Gasteiger partial charge on any atom is -0.507 e. The fourth-order valence-corrected chi connectivity index (χ4v) is 7.14. The second kappa shape index (κ2) is 22.9. The van der Waals surface area contributed by atoms with Crippen molar-refractivity contribution in [3.8, 4) is 28.7 Å². The Kier molecular flexibility index (Phi) is 17.4. The minimum absolute atomic E-state index is 0.0839. The third-order valence-corrected chi connectivity index (χ3v) is 9.76. The lowest BCUT2D eigenvalue weighted by molar-refractivity contribution is -0.298. The van der Waals surface area contributed by atoms with E-state index in [1.807, 2.05) is 18.7 Å². The van der Waals surface area contributed by atoms with Crippen molar-refractivity contribution >= 4 is 23.9 Å². The highest BCUT2D eigenvalue weighted by Gasteiger charge is 2.48. The van der Waals surface area contributed by atoms with Gasteiger partial charge in [-0.3, -0.25) is 24.2 Å². The number of phenols is 1. The molecule has 0 fully saturated rings. The van der Waals surface area contributed by atoms with Crippen molar-refractivity contribution in [3.63, 3.8) is 0 Å². The highest BCUT2D eigenvalue weighted by molar-refractivity contribution is 5.81. The smallest absolute Gasteiger partial charge is 0.320 e. The van der Waals surface area contributed by atoms with Crippen LogP contribution < -0.4 is 15.2 Å². The summed E-state index contributed by atoms with van der Waals surface area (Å²) in [7, 11) is 1.53. The summed E-state index contributed by atoms with van der Waals surface area (Å²) in [5.74, 6) is 0.00843. The van der Waals surface area contributed by atoms with Crippen molar-refractivity contribution in [3.05, 3.63) is 106 Å². The molecule has 1 aliphatic rings. The van der Waals surface area contributed by atoms with E-state index in [0.717, 1.165) is 6.29 Å². The van der Waals surface area contributed by atoms with Gasteiger partial charge in [-0.15, -0.1) is 0 Å². The predicted octanol–water partition coefficient (Wildman–Crippen LogP) is 6.29. The number of nitrogen functional groups attached to an aromatic ring is 1. The maximum atomic E-state index is 13.0. The first-order chi connectivity index (χ1) is 29.6. The predicted molar refractivity (Wildman–Crippen MR) is 223 cm³/mol. The van der Waals surface area contributed by atoms with Crippen LogP contribution in [0.3, 0.4) is 0 Å². The van der Waals surface area contributed by atoms with E-state index in [4.69, 9.17) is 49.0 Å². The Balaban J connectivity index is 1.78. The lowest BCUT2D eigenvalue weighted by Gasteiger charge is -2.42. The molecule has 0 spiro atoms. The van der Waals surface area contributed by atoms with Crippen LogP contribution in [0.5, 0.6) is 28.7 Å². The minimum atomic E-state index is -1.52. The number of hydrogen-bond donors (Lipinski definition) is 2. The molecule has 4 aromatic rings. The van der Waals surface area contributed by atoms with Gasteiger partial charge in [-0.1, -0.05) is 24.3 Å². The molecular weight excluding hydrogens is 791 g/mol. The molecule has 0 saturated carbocycles. The molecule has 0 amide bonds. The van der Waals surface area contributed by atoms with E-state index in [-0.39, 0.29) is 69.9 Å². The second-order valence-corrected chi connectivity index (χ2v) is 13.7. The number of hydrogen-bond acceptors (Lipinski definition) is 16. The van der Waals surface area contributed by atoms with Crippen LogP contribution in [0, 0.1) is 0 Å². The number of aromatic hydroxyl groups is 1. The van der Waals surface area contributed by atoms with Gasteiger partial charge in [0.15, 0.2) is 5.60 Å². The van der Waals surface area contributed by atoms with E-state index < -0.39 is 17.5 Å². The summed E-state index contributed by atoms with van der Waals surface area (Å²) < 4.78 is 30.8. The Morgan fingerprint density at radius 1 is 0.705 bits per heavy atom. The van der Waals surface area contributed by atoms with Crippen molar-refractivity contribution in [2.45, 2.75) is 46.4 Å². The molecule has 1 heterocycles. The zero-order chi connectivity index (χ0) is 43.8. The normalized spacial score (nSPS) is 14.3. The molecule has 3 N–H and O–H groups in total. The van der Waals surface area contributed by atoms with E-state index in [1.165, 1.54) is 7.11 Å². The highest BCUT2D eigenvalue weighted by atomic mass is 17.2. The first kappa shape index (κ1) is 46.5. The van der Waals surface area contributed by atoms with Crippen molar-refractivity contribution < 1.29 is 62.7 Å². The number of fused-ring (bicyclic) bond motifs is 2. The van der Waals surface area contributed by atoms with E-state index in [0.29, 0.717) is 76.9 Å². The van der Waals surface area contributed by atoms with Gasteiger partial charge in [0.2, 0.25) is 0 Å². The number of methoxy groups -OCH3 is 1. The largest absolute Gasteiger partial charge is 0.507 e. The van der Waals surface area contributed by atoms with Crippen LogP contribution in [0.1, 0.15) is 65.9 Å². The number of carbonyl (C=O) groups excluding carboxylic acids is 3. The average Bonchev–Trinajstić information content (AvgIpc) is 3.25. The van der Waals surface area contributed by atoms with E-state index in [1.54, 1.807) is 91.5 Å². The summed E-state index contributed by atoms with van der Waals surface area (Å²) >= 11 is 0. The molecule has 61 heavy (non-hydrogen) atoms. The van der Waals surface area contributed by atoms with Crippen LogP contribution in [0.25, 0.3) is 0 Å². The number of anilines is 1. The monoisotopic (exact) mass is 845 g/mol. The first-order valence-corrected chi connectivity index (χ1v) is 20.2. The molecule has 0 bridgehead atoms. The lowest BCUT2D eigenvalue weighted by atomic mass is 9.74. The molecule has 1 unspecified atom stereocenters. The molecule has 0 radical (unpaired) electrons. The number of nitrogens with zero attached hydrogens (tertiary/aromatic N) is 2. The summed E-state index contributed by atoms with van der Waals surface area (Å²) in [5, 5.41) is 11.7. The summed E-state index contributed by atoms with van der Waals surface area (Å²) in [6.07, 6.45) is 0.755. The van der Waals surface area contributed by atoms with Crippen molar-refractivity contribution in [1.29, 1.82) is 0 Å². The molecule has 16 heteroatoms. The van der Waals surface area contributed by atoms with Gasteiger partial charge < -0.3 is 34.5 Å². The van der Waals surface area contributed by atoms with Gasteiger partial charge in [-0.25, -0.2) is 19.6 Å². The van der Waals surface area contributed by atoms with Gasteiger partial charge >= 0.3 is 11.9 Å².